The van der Waals surface area contributed by atoms with Crippen LogP contribution in [0.5, 0.6) is 0 Å². The van der Waals surface area contributed by atoms with Crippen molar-refractivity contribution in [2.45, 2.75) is 18.5 Å². The second kappa shape index (κ2) is 10.2. The average Bonchev–Trinajstić information content (AvgIpc) is 3.31. The molecule has 0 unspecified atom stereocenters. The molecule has 7 heteroatoms. The SMILES string of the molecule is N[C@H]1C[C@@H]2CN(C(=O)c3ccc(NC(=O)c4ccccc4-c4ccccc4)cc3)c3ccccc3C(=O)N2C1. The number of carbonyl (C=O) groups is 3. The number of nitrogens with two attached hydrogens (primary N) is 1. The first-order chi connectivity index (χ1) is 19.0. The van der Waals surface area contributed by atoms with E-state index < -0.39 is 0 Å². The lowest BCUT2D eigenvalue weighted by molar-refractivity contribution is 0.0743. The maximum Gasteiger partial charge on any atom is 0.258 e. The van der Waals surface area contributed by atoms with Gasteiger partial charge in [-0.3, -0.25) is 14.4 Å². The Morgan fingerprint density at radius 1 is 0.769 bits per heavy atom. The van der Waals surface area contributed by atoms with Crippen LogP contribution >= 0.6 is 0 Å². The smallest absolute Gasteiger partial charge is 0.258 e. The molecule has 4 aromatic carbocycles. The standard InChI is InChI=1S/C32H28N4O3/c33-23-18-25-20-36(29-13-7-6-12-28(29)32(39)35(25)19-23)31(38)22-14-16-24(17-15-22)34-30(37)27-11-5-4-10-26(27)21-8-2-1-3-9-21/h1-17,23,25H,18-20,33H2,(H,34,37)/t23-,25+/m0/s1. The molecule has 0 saturated carbocycles. The van der Waals surface area contributed by atoms with Gasteiger partial charge in [0.1, 0.15) is 0 Å². The van der Waals surface area contributed by atoms with E-state index in [4.69, 9.17) is 5.73 Å². The van der Waals surface area contributed by atoms with Gasteiger partial charge in [-0.2, -0.15) is 0 Å². The highest BCUT2D eigenvalue weighted by Crippen LogP contribution is 2.32. The molecule has 3 amide bonds. The number of nitrogens with one attached hydrogen (secondary N) is 1. The molecule has 2 aliphatic rings. The number of carbonyl (C=O) groups excluding carboxylic acids is 3. The topological polar surface area (TPSA) is 95.7 Å². The van der Waals surface area contributed by atoms with Crippen LogP contribution in [0.25, 0.3) is 11.1 Å². The Kier molecular flexibility index (Phi) is 6.42. The number of fused-ring (bicyclic) bond motifs is 2. The van der Waals surface area contributed by atoms with Gasteiger partial charge in [0, 0.05) is 35.9 Å². The predicted octanol–water partition coefficient (Wildman–Crippen LogP) is 4.81. The fraction of sp³-hybridized carbons (Fsp3) is 0.156. The zero-order valence-electron chi connectivity index (χ0n) is 21.3. The largest absolute Gasteiger partial charge is 0.332 e. The molecule has 2 atom stereocenters. The second-order valence-electron chi connectivity index (χ2n) is 9.98. The van der Waals surface area contributed by atoms with E-state index in [1.807, 2.05) is 66.7 Å². The van der Waals surface area contributed by atoms with Crippen molar-refractivity contribution in [3.8, 4) is 11.1 Å². The van der Waals surface area contributed by atoms with Crippen molar-refractivity contribution in [3.05, 3.63) is 120 Å². The molecule has 3 N–H and O–H groups in total. The van der Waals surface area contributed by atoms with Crippen LogP contribution in [-0.2, 0) is 0 Å². The summed E-state index contributed by atoms with van der Waals surface area (Å²) in [7, 11) is 0. The van der Waals surface area contributed by atoms with Crippen molar-refractivity contribution in [1.82, 2.24) is 4.90 Å². The third-order valence-corrected chi connectivity index (χ3v) is 7.42. The van der Waals surface area contributed by atoms with E-state index in [1.165, 1.54) is 0 Å². The summed E-state index contributed by atoms with van der Waals surface area (Å²) in [5.41, 5.74) is 10.7. The van der Waals surface area contributed by atoms with Crippen LogP contribution in [0.2, 0.25) is 0 Å². The van der Waals surface area contributed by atoms with Crippen LogP contribution in [0.4, 0.5) is 11.4 Å². The van der Waals surface area contributed by atoms with Gasteiger partial charge in [-0.25, -0.2) is 0 Å². The maximum atomic E-state index is 13.7. The van der Waals surface area contributed by atoms with E-state index in [9.17, 15) is 14.4 Å². The van der Waals surface area contributed by atoms with Crippen molar-refractivity contribution in [1.29, 1.82) is 0 Å². The number of amides is 3. The van der Waals surface area contributed by atoms with E-state index in [2.05, 4.69) is 5.32 Å². The summed E-state index contributed by atoms with van der Waals surface area (Å²) in [5, 5.41) is 2.95. The highest BCUT2D eigenvalue weighted by molar-refractivity contribution is 6.12. The Hall–Kier alpha value is -4.75. The van der Waals surface area contributed by atoms with E-state index in [-0.39, 0.29) is 29.8 Å². The molecule has 39 heavy (non-hydrogen) atoms. The summed E-state index contributed by atoms with van der Waals surface area (Å²) in [5.74, 6) is -0.524. The predicted molar refractivity (Wildman–Crippen MR) is 152 cm³/mol. The number of rotatable bonds is 4. The van der Waals surface area contributed by atoms with E-state index in [0.717, 1.165) is 11.1 Å². The lowest BCUT2D eigenvalue weighted by Gasteiger charge is -2.26. The molecule has 4 aromatic rings. The summed E-state index contributed by atoms with van der Waals surface area (Å²) in [6.07, 6.45) is 0.652. The fourth-order valence-corrected chi connectivity index (χ4v) is 5.52. The number of benzene rings is 4. The first-order valence-corrected chi connectivity index (χ1v) is 13.0. The Morgan fingerprint density at radius 2 is 1.44 bits per heavy atom. The summed E-state index contributed by atoms with van der Waals surface area (Å²) in [6, 6.07) is 31.1. The third kappa shape index (κ3) is 4.69. The van der Waals surface area contributed by atoms with Crippen molar-refractivity contribution in [2.24, 2.45) is 5.73 Å². The minimum absolute atomic E-state index is 0.0901. The molecule has 1 fully saturated rings. The molecular formula is C32H28N4O3. The van der Waals surface area contributed by atoms with Gasteiger partial charge in [0.25, 0.3) is 17.7 Å². The molecular weight excluding hydrogens is 488 g/mol. The number of para-hydroxylation sites is 1. The number of hydrogen-bond acceptors (Lipinski definition) is 4. The fourth-order valence-electron chi connectivity index (χ4n) is 5.52. The van der Waals surface area contributed by atoms with Crippen molar-refractivity contribution in [3.63, 3.8) is 0 Å². The van der Waals surface area contributed by atoms with Gasteiger partial charge >= 0.3 is 0 Å². The van der Waals surface area contributed by atoms with Crippen LogP contribution in [-0.4, -0.2) is 47.8 Å². The summed E-state index contributed by atoms with van der Waals surface area (Å²) < 4.78 is 0. The van der Waals surface area contributed by atoms with E-state index in [0.29, 0.717) is 47.6 Å². The van der Waals surface area contributed by atoms with Gasteiger partial charge < -0.3 is 20.9 Å². The highest BCUT2D eigenvalue weighted by Gasteiger charge is 2.40. The van der Waals surface area contributed by atoms with Crippen LogP contribution in [0, 0.1) is 0 Å². The van der Waals surface area contributed by atoms with Crippen molar-refractivity contribution < 1.29 is 14.4 Å². The number of anilines is 2. The molecule has 0 spiro atoms. The summed E-state index contributed by atoms with van der Waals surface area (Å²) >= 11 is 0. The van der Waals surface area contributed by atoms with Crippen LogP contribution in [0.1, 0.15) is 37.5 Å². The van der Waals surface area contributed by atoms with Gasteiger partial charge in [-0.05, 0) is 60.0 Å². The van der Waals surface area contributed by atoms with Crippen LogP contribution < -0.4 is 16.0 Å². The molecule has 0 bridgehead atoms. The van der Waals surface area contributed by atoms with Gasteiger partial charge in [0.15, 0.2) is 0 Å². The van der Waals surface area contributed by atoms with Gasteiger partial charge in [0.05, 0.1) is 17.3 Å². The molecule has 0 radical (unpaired) electrons. The van der Waals surface area contributed by atoms with Crippen LogP contribution in [0.3, 0.4) is 0 Å². The number of nitrogens with zero attached hydrogens (tertiary/aromatic N) is 2. The van der Waals surface area contributed by atoms with Gasteiger partial charge in [-0.1, -0.05) is 60.7 Å². The monoisotopic (exact) mass is 516 g/mol. The van der Waals surface area contributed by atoms with E-state index >= 15 is 0 Å². The zero-order chi connectivity index (χ0) is 26.9. The average molecular weight is 517 g/mol. The summed E-state index contributed by atoms with van der Waals surface area (Å²) in [4.78, 5) is 43.6. The third-order valence-electron chi connectivity index (χ3n) is 7.42. The Balaban J connectivity index is 1.24. The quantitative estimate of drug-likeness (QED) is 0.407. The molecule has 2 heterocycles. The number of hydrogen-bond donors (Lipinski definition) is 2. The second-order valence-corrected chi connectivity index (χ2v) is 9.98. The highest BCUT2D eigenvalue weighted by atomic mass is 16.2. The minimum Gasteiger partial charge on any atom is -0.332 e. The molecule has 1 saturated heterocycles. The Labute approximate surface area is 226 Å². The normalized spacial score (nSPS) is 18.2. The molecule has 6 rings (SSSR count). The first kappa shape index (κ1) is 24.6. The molecule has 2 aliphatic heterocycles. The van der Waals surface area contributed by atoms with Crippen molar-refractivity contribution >= 4 is 29.1 Å². The molecule has 0 aliphatic carbocycles. The molecule has 0 aromatic heterocycles. The zero-order valence-corrected chi connectivity index (χ0v) is 21.3. The summed E-state index contributed by atoms with van der Waals surface area (Å²) in [6.45, 7) is 0.867. The molecule has 7 nitrogen and oxygen atoms in total. The Morgan fingerprint density at radius 3 is 2.21 bits per heavy atom. The first-order valence-electron chi connectivity index (χ1n) is 13.0. The van der Waals surface area contributed by atoms with E-state index in [1.54, 1.807) is 46.2 Å². The van der Waals surface area contributed by atoms with Crippen LogP contribution in [0.15, 0.2) is 103 Å². The lowest BCUT2D eigenvalue weighted by atomic mass is 9.99. The minimum atomic E-state index is -0.230. The van der Waals surface area contributed by atoms with Crippen molar-refractivity contribution in [2.75, 3.05) is 23.3 Å². The molecule has 194 valence electrons. The maximum absolute atomic E-state index is 13.7. The van der Waals surface area contributed by atoms with Gasteiger partial charge in [-0.15, -0.1) is 0 Å². The lowest BCUT2D eigenvalue weighted by Crippen LogP contribution is -2.42. The van der Waals surface area contributed by atoms with Gasteiger partial charge in [0.2, 0.25) is 0 Å². The Bertz CT molecular complexity index is 1550.